The van der Waals surface area contributed by atoms with Gasteiger partial charge in [0.2, 0.25) is 5.88 Å². The quantitative estimate of drug-likeness (QED) is 0.0246. The fourth-order valence-corrected chi connectivity index (χ4v) is 7.93. The van der Waals surface area contributed by atoms with E-state index in [-0.39, 0.29) is 94.6 Å². The molecule has 25 heteroatoms. The van der Waals surface area contributed by atoms with Crippen molar-refractivity contribution in [3.8, 4) is 40.7 Å². The Kier molecular flexibility index (Phi) is 26.6. The Hall–Kier alpha value is -7.76. The molecule has 2 aromatic carbocycles. The molecular weight excluding hydrogens is 1120 g/mol. The first-order chi connectivity index (χ1) is 40.5. The van der Waals surface area contributed by atoms with Crippen LogP contribution in [0.15, 0.2) is 79.3 Å². The summed E-state index contributed by atoms with van der Waals surface area (Å²) in [5, 5.41) is 18.2. The SMILES string of the molecule is COC(=O)[C@H](CCC(C)(C)C)NC(=O)c1ccc(Oc2cccc(OCC(=O)NCCOCCOCCOCCOCCOCCOCCOc3ncc(-c4nc5c(N[C@H](C)c6cc(C#N)ccc6F)c(Cl)c(C)nc5cc4F)cn3)c2)nc1. The minimum Gasteiger partial charge on any atom is -0.484 e. The minimum atomic E-state index is -0.786. The first kappa shape index (κ1) is 65.4. The summed E-state index contributed by atoms with van der Waals surface area (Å²) in [6.45, 7) is 14.0. The number of nitrogens with one attached hydrogen (secondary N) is 3. The Morgan fingerprint density at radius 1 is 0.738 bits per heavy atom. The van der Waals surface area contributed by atoms with Crippen LogP contribution in [0.1, 0.15) is 73.8 Å². The molecule has 0 saturated carbocycles. The van der Waals surface area contributed by atoms with Crippen molar-refractivity contribution >= 4 is 46.1 Å². The number of carbonyl (C=O) groups is 3. The zero-order valence-electron chi connectivity index (χ0n) is 47.8. The molecule has 4 heterocycles. The van der Waals surface area contributed by atoms with Gasteiger partial charge in [0.15, 0.2) is 12.4 Å². The highest BCUT2D eigenvalue weighted by Crippen LogP contribution is 2.37. The van der Waals surface area contributed by atoms with Crippen molar-refractivity contribution in [3.63, 3.8) is 0 Å². The third-order valence-corrected chi connectivity index (χ3v) is 12.6. The van der Waals surface area contributed by atoms with E-state index in [1.807, 2.05) is 6.07 Å². The van der Waals surface area contributed by atoms with E-state index in [2.05, 4.69) is 61.6 Å². The van der Waals surface area contributed by atoms with Gasteiger partial charge in [0, 0.05) is 54.5 Å². The third-order valence-electron chi connectivity index (χ3n) is 12.1. The number of pyridine rings is 3. The second-order valence-electron chi connectivity index (χ2n) is 19.8. The Morgan fingerprint density at radius 2 is 1.37 bits per heavy atom. The summed E-state index contributed by atoms with van der Waals surface area (Å²) >= 11 is 6.66. The molecule has 0 aliphatic carbocycles. The molecule has 0 saturated heterocycles. The highest BCUT2D eigenvalue weighted by Gasteiger charge is 2.25. The average molecular weight is 1190 g/mol. The van der Waals surface area contributed by atoms with Crippen LogP contribution in [-0.4, -0.2) is 155 Å². The minimum absolute atomic E-state index is 0.0248. The van der Waals surface area contributed by atoms with Crippen LogP contribution in [0.5, 0.6) is 23.4 Å². The number of carbonyl (C=O) groups excluding carboxylic acids is 3. The standard InChI is InChI=1S/C59H70ClF2N9O13/c1-38(45-30-40(33-63)10-12-46(45)61)69-55-52(60)39(2)68-49-32-47(62)53(71-54(49)55)42-35-66-58(67-36-42)82-29-28-81-27-26-80-25-24-79-23-22-78-21-20-77-19-18-76-17-16-64-50(72)37-83-43-8-7-9-44(31-43)84-51-13-11-41(34-65-51)56(73)70-48(57(74)75-6)14-15-59(3,4)5/h7-13,30-32,34-36,38,48H,14-29,37H2,1-6H3,(H,64,72)(H,68,69)(H,70,73)/t38-,48+/m1/s1. The molecule has 2 amide bonds. The summed E-state index contributed by atoms with van der Waals surface area (Å²) in [5.74, 6) is -1.45. The normalized spacial score (nSPS) is 12.0. The molecule has 22 nitrogen and oxygen atoms in total. The van der Waals surface area contributed by atoms with Gasteiger partial charge in [0.05, 0.1) is 132 Å². The summed E-state index contributed by atoms with van der Waals surface area (Å²) in [6.07, 6.45) is 5.25. The number of benzene rings is 2. The lowest BCUT2D eigenvalue weighted by Crippen LogP contribution is -2.42. The van der Waals surface area contributed by atoms with E-state index >= 15 is 4.39 Å². The van der Waals surface area contributed by atoms with Crippen LogP contribution in [-0.2, 0) is 42.7 Å². The van der Waals surface area contributed by atoms with Gasteiger partial charge >= 0.3 is 12.0 Å². The van der Waals surface area contributed by atoms with Crippen LogP contribution in [0.2, 0.25) is 5.02 Å². The number of rotatable bonds is 36. The lowest BCUT2D eigenvalue weighted by atomic mass is 9.88. The van der Waals surface area contributed by atoms with Crippen LogP contribution in [0.4, 0.5) is 14.5 Å². The summed E-state index contributed by atoms with van der Waals surface area (Å²) in [5.41, 5.74) is 2.19. The maximum absolute atomic E-state index is 15.4. The number of nitriles is 1. The summed E-state index contributed by atoms with van der Waals surface area (Å²) in [6, 6.07) is 15.7. The van der Waals surface area contributed by atoms with Crippen LogP contribution in [0.3, 0.4) is 0 Å². The lowest BCUT2D eigenvalue weighted by molar-refractivity contribution is -0.143. The van der Waals surface area contributed by atoms with Gasteiger partial charge < -0.3 is 63.3 Å². The highest BCUT2D eigenvalue weighted by molar-refractivity contribution is 6.35. The second-order valence-corrected chi connectivity index (χ2v) is 20.2. The van der Waals surface area contributed by atoms with Crippen molar-refractivity contribution in [3.05, 3.63) is 118 Å². The van der Waals surface area contributed by atoms with E-state index in [0.29, 0.717) is 107 Å². The Morgan fingerprint density at radius 3 is 1.98 bits per heavy atom. The van der Waals surface area contributed by atoms with E-state index in [9.17, 15) is 24.0 Å². The maximum atomic E-state index is 15.4. The fourth-order valence-electron chi connectivity index (χ4n) is 7.74. The molecule has 4 aromatic heterocycles. The van der Waals surface area contributed by atoms with Gasteiger partial charge in [-0.15, -0.1) is 0 Å². The molecule has 6 rings (SSSR count). The monoisotopic (exact) mass is 1190 g/mol. The third kappa shape index (κ3) is 21.8. The van der Waals surface area contributed by atoms with E-state index in [1.165, 1.54) is 56.0 Å². The van der Waals surface area contributed by atoms with Gasteiger partial charge in [-0.1, -0.05) is 38.4 Å². The number of esters is 1. The van der Waals surface area contributed by atoms with Crippen LogP contribution in [0, 0.1) is 35.3 Å². The van der Waals surface area contributed by atoms with Crippen LogP contribution in [0.25, 0.3) is 22.3 Å². The molecule has 6 aromatic rings. The largest absolute Gasteiger partial charge is 0.484 e. The number of nitrogens with zero attached hydrogens (tertiary/aromatic N) is 6. The van der Waals surface area contributed by atoms with Crippen LogP contribution >= 0.6 is 11.6 Å². The molecule has 0 bridgehead atoms. The number of aromatic nitrogens is 5. The molecule has 0 spiro atoms. The van der Waals surface area contributed by atoms with Crippen molar-refractivity contribution in [2.45, 2.75) is 59.5 Å². The predicted molar refractivity (Wildman–Crippen MR) is 305 cm³/mol. The van der Waals surface area contributed by atoms with Crippen molar-refractivity contribution in [2.24, 2.45) is 5.41 Å². The zero-order valence-corrected chi connectivity index (χ0v) is 48.6. The summed E-state index contributed by atoms with van der Waals surface area (Å²) in [7, 11) is 1.29. The van der Waals surface area contributed by atoms with Gasteiger partial charge in [-0.3, -0.25) is 9.59 Å². The Balaban J connectivity index is 0.726. The molecule has 3 N–H and O–H groups in total. The molecule has 0 aliphatic rings. The van der Waals surface area contributed by atoms with Gasteiger partial charge in [0.1, 0.15) is 41.2 Å². The average Bonchev–Trinajstić information content (AvgIpc) is 2.92. The number of ether oxygens (including phenoxy) is 10. The first-order valence-electron chi connectivity index (χ1n) is 27.1. The van der Waals surface area contributed by atoms with Crippen molar-refractivity contribution in [1.82, 2.24) is 35.6 Å². The van der Waals surface area contributed by atoms with E-state index < -0.39 is 35.6 Å². The maximum Gasteiger partial charge on any atom is 0.328 e. The summed E-state index contributed by atoms with van der Waals surface area (Å²) < 4.78 is 85.3. The molecule has 0 aliphatic heterocycles. The molecule has 2 atom stereocenters. The van der Waals surface area contributed by atoms with Crippen LogP contribution < -0.4 is 30.2 Å². The van der Waals surface area contributed by atoms with Crippen molar-refractivity contribution < 1.29 is 70.5 Å². The number of fused-ring (bicyclic) bond motifs is 1. The van der Waals surface area contributed by atoms with Gasteiger partial charge in [0.25, 0.3) is 11.8 Å². The number of hydrogen-bond donors (Lipinski definition) is 3. The van der Waals surface area contributed by atoms with E-state index in [0.717, 1.165) is 0 Å². The number of aryl methyl sites for hydroxylation is 1. The lowest BCUT2D eigenvalue weighted by Gasteiger charge is -2.22. The smallest absolute Gasteiger partial charge is 0.328 e. The Labute approximate surface area is 491 Å². The highest BCUT2D eigenvalue weighted by atomic mass is 35.5. The molecule has 0 unspecified atom stereocenters. The van der Waals surface area contributed by atoms with Gasteiger partial charge in [-0.2, -0.15) is 5.26 Å². The van der Waals surface area contributed by atoms with E-state index in [1.54, 1.807) is 44.2 Å². The molecule has 450 valence electrons. The van der Waals surface area contributed by atoms with Gasteiger partial charge in [-0.05, 0) is 68.5 Å². The number of halogens is 3. The molecule has 0 fully saturated rings. The van der Waals surface area contributed by atoms with E-state index in [4.69, 9.17) is 59.0 Å². The Bertz CT molecular complexity index is 3120. The number of hydrogen-bond acceptors (Lipinski definition) is 20. The molecule has 84 heavy (non-hydrogen) atoms. The fraction of sp³-hybridized carbons (Fsp3) is 0.441. The zero-order chi connectivity index (χ0) is 60.3. The summed E-state index contributed by atoms with van der Waals surface area (Å²) in [4.78, 5) is 59.1. The molecular formula is C59H70ClF2N9O13. The first-order valence-corrected chi connectivity index (χ1v) is 27.5. The predicted octanol–water partition coefficient (Wildman–Crippen LogP) is 8.33. The van der Waals surface area contributed by atoms with Crippen molar-refractivity contribution in [1.29, 1.82) is 5.26 Å². The van der Waals surface area contributed by atoms with Gasteiger partial charge in [-0.25, -0.2) is 38.5 Å². The number of amides is 2. The molecule has 0 radical (unpaired) electrons. The second kappa shape index (κ2) is 34.1. The van der Waals surface area contributed by atoms with Crippen molar-refractivity contribution in [2.75, 3.05) is 111 Å². The number of methoxy groups -OCH3 is 1. The number of anilines is 1. The topological polar surface area (TPSA) is 268 Å².